The van der Waals surface area contributed by atoms with Crippen LogP contribution < -0.4 is 5.01 Å². The Hall–Kier alpha value is -2.56. The summed E-state index contributed by atoms with van der Waals surface area (Å²) >= 11 is 0. The lowest BCUT2D eigenvalue weighted by Crippen LogP contribution is -2.20. The van der Waals surface area contributed by atoms with Gasteiger partial charge in [-0.2, -0.15) is 10.1 Å². The molecular formula is C14H12N4O. The molecule has 0 aliphatic carbocycles. The van der Waals surface area contributed by atoms with Crippen LogP contribution in [0.3, 0.4) is 0 Å². The van der Waals surface area contributed by atoms with Gasteiger partial charge in [0.2, 0.25) is 0 Å². The Balaban J connectivity index is 1.90. The summed E-state index contributed by atoms with van der Waals surface area (Å²) in [6.45, 7) is 1.82. The lowest BCUT2D eigenvalue weighted by molar-refractivity contribution is -0.116. The first kappa shape index (κ1) is 11.5. The second-order valence-electron chi connectivity index (χ2n) is 4.36. The molecule has 5 heteroatoms. The summed E-state index contributed by atoms with van der Waals surface area (Å²) in [6.07, 6.45) is 0.349. The fraction of sp³-hybridized carbons (Fsp3) is 0.143. The van der Waals surface area contributed by atoms with Gasteiger partial charge in [0.25, 0.3) is 5.91 Å². The van der Waals surface area contributed by atoms with Gasteiger partial charge in [0.15, 0.2) is 5.82 Å². The third kappa shape index (κ3) is 2.22. The number of aromatic nitrogens is 2. The molecule has 0 N–H and O–H groups in total. The van der Waals surface area contributed by atoms with Crippen LogP contribution in [-0.4, -0.2) is 21.8 Å². The Morgan fingerprint density at radius 2 is 1.84 bits per heavy atom. The van der Waals surface area contributed by atoms with E-state index in [9.17, 15) is 4.79 Å². The van der Waals surface area contributed by atoms with Crippen LogP contribution in [0.4, 0.5) is 5.82 Å². The zero-order chi connectivity index (χ0) is 13.2. The highest BCUT2D eigenvalue weighted by molar-refractivity contribution is 6.11. The Labute approximate surface area is 110 Å². The lowest BCUT2D eigenvalue weighted by atomic mass is 10.1. The monoisotopic (exact) mass is 252 g/mol. The highest BCUT2D eigenvalue weighted by atomic mass is 16.2. The zero-order valence-electron chi connectivity index (χ0n) is 10.4. The molecule has 1 aromatic heterocycles. The van der Waals surface area contributed by atoms with E-state index in [0.717, 1.165) is 17.0 Å². The molecule has 5 nitrogen and oxygen atoms in total. The van der Waals surface area contributed by atoms with Gasteiger partial charge in [0.05, 0.1) is 12.1 Å². The van der Waals surface area contributed by atoms with Gasteiger partial charge in [-0.05, 0) is 19.1 Å². The number of amides is 1. The van der Waals surface area contributed by atoms with Crippen LogP contribution in [0, 0.1) is 0 Å². The van der Waals surface area contributed by atoms with E-state index >= 15 is 0 Å². The van der Waals surface area contributed by atoms with E-state index in [4.69, 9.17) is 0 Å². The fourth-order valence-electron chi connectivity index (χ4n) is 1.94. The van der Waals surface area contributed by atoms with Crippen LogP contribution in [0.1, 0.15) is 13.3 Å². The van der Waals surface area contributed by atoms with Crippen LogP contribution in [0.25, 0.3) is 11.3 Å². The number of hydrogen-bond donors (Lipinski definition) is 0. The van der Waals surface area contributed by atoms with E-state index in [1.807, 2.05) is 43.3 Å². The summed E-state index contributed by atoms with van der Waals surface area (Å²) in [7, 11) is 0. The standard InChI is InChI=1S/C14H12N4O/c1-10-9-14(19)18(17-10)13-8-7-12(15-16-13)11-5-3-2-4-6-11/h2-8H,9H2,1H3. The number of nitrogens with zero attached hydrogens (tertiary/aromatic N) is 4. The van der Waals surface area contributed by atoms with Crippen molar-refractivity contribution < 1.29 is 4.79 Å². The van der Waals surface area contributed by atoms with Gasteiger partial charge in [-0.1, -0.05) is 30.3 Å². The Morgan fingerprint density at radius 3 is 2.42 bits per heavy atom. The number of carbonyl (C=O) groups is 1. The van der Waals surface area contributed by atoms with Crippen LogP contribution >= 0.6 is 0 Å². The predicted octanol–water partition coefficient (Wildman–Crippen LogP) is 2.26. The second-order valence-corrected chi connectivity index (χ2v) is 4.36. The fourth-order valence-corrected chi connectivity index (χ4v) is 1.94. The van der Waals surface area contributed by atoms with E-state index in [2.05, 4.69) is 15.3 Å². The molecule has 0 atom stereocenters. The molecular weight excluding hydrogens is 240 g/mol. The topological polar surface area (TPSA) is 58.5 Å². The molecule has 0 fully saturated rings. The predicted molar refractivity (Wildman–Crippen MR) is 72.7 cm³/mol. The molecule has 94 valence electrons. The second kappa shape index (κ2) is 4.61. The first-order valence-corrected chi connectivity index (χ1v) is 6.00. The van der Waals surface area contributed by atoms with Crippen molar-refractivity contribution in [3.05, 3.63) is 42.5 Å². The number of rotatable bonds is 2. The van der Waals surface area contributed by atoms with Crippen molar-refractivity contribution in [2.75, 3.05) is 5.01 Å². The smallest absolute Gasteiger partial charge is 0.254 e. The third-order valence-corrected chi connectivity index (χ3v) is 2.85. The lowest BCUT2D eigenvalue weighted by Gasteiger charge is -2.09. The van der Waals surface area contributed by atoms with Gasteiger partial charge in [0, 0.05) is 11.3 Å². The summed E-state index contributed by atoms with van der Waals surface area (Å²) < 4.78 is 0. The normalized spacial score (nSPS) is 14.7. The maximum Gasteiger partial charge on any atom is 0.254 e. The molecule has 19 heavy (non-hydrogen) atoms. The van der Waals surface area contributed by atoms with Crippen molar-refractivity contribution in [2.24, 2.45) is 5.10 Å². The summed E-state index contributed by atoms with van der Waals surface area (Å²) in [5, 5.41) is 13.7. The quantitative estimate of drug-likeness (QED) is 0.823. The molecule has 1 aliphatic heterocycles. The summed E-state index contributed by atoms with van der Waals surface area (Å²) in [6, 6.07) is 13.4. The number of benzene rings is 1. The van der Waals surface area contributed by atoms with Gasteiger partial charge in [-0.15, -0.1) is 10.2 Å². The molecule has 0 radical (unpaired) electrons. The summed E-state index contributed by atoms with van der Waals surface area (Å²) in [4.78, 5) is 11.7. The number of carbonyl (C=O) groups excluding carboxylic acids is 1. The van der Waals surface area contributed by atoms with Crippen molar-refractivity contribution in [1.82, 2.24) is 10.2 Å². The van der Waals surface area contributed by atoms with E-state index in [1.54, 1.807) is 6.07 Å². The van der Waals surface area contributed by atoms with Crippen LogP contribution in [-0.2, 0) is 4.79 Å². The molecule has 3 rings (SSSR count). The van der Waals surface area contributed by atoms with E-state index in [0.29, 0.717) is 12.2 Å². The zero-order valence-corrected chi connectivity index (χ0v) is 10.4. The van der Waals surface area contributed by atoms with E-state index in [1.165, 1.54) is 5.01 Å². The molecule has 1 aliphatic rings. The maximum absolute atomic E-state index is 11.7. The van der Waals surface area contributed by atoms with Gasteiger partial charge in [0.1, 0.15) is 0 Å². The maximum atomic E-state index is 11.7. The third-order valence-electron chi connectivity index (χ3n) is 2.85. The Bertz CT molecular complexity index is 634. The highest BCUT2D eigenvalue weighted by Crippen LogP contribution is 2.20. The molecule has 2 heterocycles. The van der Waals surface area contributed by atoms with Gasteiger partial charge >= 0.3 is 0 Å². The first-order chi connectivity index (χ1) is 9.24. The summed E-state index contributed by atoms with van der Waals surface area (Å²) in [5.74, 6) is 0.390. The SMILES string of the molecule is CC1=NN(c2ccc(-c3ccccc3)nn2)C(=O)C1. The molecule has 0 unspecified atom stereocenters. The Kier molecular flexibility index (Phi) is 2.79. The number of hydrogen-bond acceptors (Lipinski definition) is 4. The average Bonchev–Trinajstić information content (AvgIpc) is 2.79. The van der Waals surface area contributed by atoms with Crippen LogP contribution in [0.5, 0.6) is 0 Å². The van der Waals surface area contributed by atoms with E-state index < -0.39 is 0 Å². The number of anilines is 1. The molecule has 0 bridgehead atoms. The molecule has 0 spiro atoms. The van der Waals surface area contributed by atoms with Crippen molar-refractivity contribution >= 4 is 17.4 Å². The van der Waals surface area contributed by atoms with Crippen LogP contribution in [0.15, 0.2) is 47.6 Å². The minimum atomic E-state index is -0.0701. The minimum Gasteiger partial charge on any atom is -0.272 e. The largest absolute Gasteiger partial charge is 0.272 e. The van der Waals surface area contributed by atoms with Crippen molar-refractivity contribution in [1.29, 1.82) is 0 Å². The van der Waals surface area contributed by atoms with Crippen LogP contribution in [0.2, 0.25) is 0 Å². The molecule has 1 aromatic carbocycles. The van der Waals surface area contributed by atoms with E-state index in [-0.39, 0.29) is 5.91 Å². The first-order valence-electron chi connectivity index (χ1n) is 6.00. The van der Waals surface area contributed by atoms with Gasteiger partial charge < -0.3 is 0 Å². The summed E-state index contributed by atoms with van der Waals surface area (Å²) in [5.41, 5.74) is 2.56. The number of hydrazone groups is 1. The average molecular weight is 252 g/mol. The molecule has 1 amide bonds. The minimum absolute atomic E-state index is 0.0701. The van der Waals surface area contributed by atoms with Crippen molar-refractivity contribution in [2.45, 2.75) is 13.3 Å². The molecule has 0 saturated carbocycles. The van der Waals surface area contributed by atoms with Gasteiger partial charge in [-0.3, -0.25) is 4.79 Å². The Morgan fingerprint density at radius 1 is 1.05 bits per heavy atom. The van der Waals surface area contributed by atoms with Crippen molar-refractivity contribution in [3.8, 4) is 11.3 Å². The van der Waals surface area contributed by atoms with Crippen molar-refractivity contribution in [3.63, 3.8) is 0 Å². The van der Waals surface area contributed by atoms with Gasteiger partial charge in [-0.25, -0.2) is 0 Å². The molecule has 0 saturated heterocycles. The highest BCUT2D eigenvalue weighted by Gasteiger charge is 2.23. The molecule has 2 aromatic rings.